The first kappa shape index (κ1) is 23.5. The first-order valence-corrected chi connectivity index (χ1v) is 11.0. The van der Waals surface area contributed by atoms with Crippen LogP contribution in [0.25, 0.3) is 5.76 Å². The quantitative estimate of drug-likeness (QED) is 0.254. The lowest BCUT2D eigenvalue weighted by Gasteiger charge is -2.25. The van der Waals surface area contributed by atoms with E-state index in [1.807, 2.05) is 43.3 Å². The summed E-state index contributed by atoms with van der Waals surface area (Å²) in [5, 5.41) is 11.1. The molecule has 0 aliphatic carbocycles. The van der Waals surface area contributed by atoms with Gasteiger partial charge >= 0.3 is 0 Å². The van der Waals surface area contributed by atoms with Gasteiger partial charge in [-0.2, -0.15) is 0 Å². The molecule has 2 aromatic rings. The van der Waals surface area contributed by atoms with E-state index in [2.05, 4.69) is 6.92 Å². The van der Waals surface area contributed by atoms with Crippen molar-refractivity contribution < 1.29 is 24.2 Å². The minimum absolute atomic E-state index is 0.0816. The van der Waals surface area contributed by atoms with Crippen molar-refractivity contribution in [3.05, 3.63) is 70.8 Å². The molecule has 0 saturated carbocycles. The summed E-state index contributed by atoms with van der Waals surface area (Å²) < 4.78 is 11.0. The van der Waals surface area contributed by atoms with Crippen LogP contribution in [-0.2, 0) is 14.3 Å². The summed E-state index contributed by atoms with van der Waals surface area (Å²) >= 11 is 0. The Morgan fingerprint density at radius 2 is 1.81 bits per heavy atom. The van der Waals surface area contributed by atoms with Gasteiger partial charge in [-0.25, -0.2) is 0 Å². The van der Waals surface area contributed by atoms with Gasteiger partial charge in [-0.3, -0.25) is 9.59 Å². The first-order valence-electron chi connectivity index (χ1n) is 11.0. The Morgan fingerprint density at radius 1 is 1.06 bits per heavy atom. The van der Waals surface area contributed by atoms with Crippen LogP contribution in [0.4, 0.5) is 0 Å². The van der Waals surface area contributed by atoms with Crippen LogP contribution in [0.2, 0.25) is 0 Å². The Hall–Kier alpha value is -3.12. The van der Waals surface area contributed by atoms with Crippen LogP contribution >= 0.6 is 0 Å². The number of rotatable bonds is 10. The van der Waals surface area contributed by atoms with E-state index in [0.717, 1.165) is 24.8 Å². The lowest BCUT2D eigenvalue weighted by Crippen LogP contribution is -2.32. The van der Waals surface area contributed by atoms with E-state index in [-0.39, 0.29) is 24.5 Å². The summed E-state index contributed by atoms with van der Waals surface area (Å²) in [7, 11) is 1.54. The minimum atomic E-state index is -0.717. The van der Waals surface area contributed by atoms with Gasteiger partial charge in [0.1, 0.15) is 11.5 Å². The fourth-order valence-corrected chi connectivity index (χ4v) is 3.83. The number of carbonyl (C=O) groups is 2. The Labute approximate surface area is 189 Å². The summed E-state index contributed by atoms with van der Waals surface area (Å²) in [6.45, 7) is 5.20. The average molecular weight is 438 g/mol. The third-order valence-electron chi connectivity index (χ3n) is 5.59. The van der Waals surface area contributed by atoms with Crippen molar-refractivity contribution in [1.82, 2.24) is 4.90 Å². The number of Topliss-reactive ketones (excluding diaryl/α,β-unsaturated/α-hetero) is 1. The second kappa shape index (κ2) is 11.0. The molecule has 1 N–H and O–H groups in total. The van der Waals surface area contributed by atoms with E-state index < -0.39 is 17.7 Å². The van der Waals surface area contributed by atoms with Crippen LogP contribution in [0, 0.1) is 6.92 Å². The molecule has 1 saturated heterocycles. The molecule has 2 aromatic carbocycles. The number of unbranched alkanes of at least 4 members (excludes halogenated alkanes) is 2. The van der Waals surface area contributed by atoms with Crippen molar-refractivity contribution in [3.8, 4) is 5.75 Å². The topological polar surface area (TPSA) is 76.1 Å². The zero-order valence-corrected chi connectivity index (χ0v) is 19.0. The molecule has 0 aromatic heterocycles. The van der Waals surface area contributed by atoms with Crippen LogP contribution in [0.1, 0.15) is 48.9 Å². The number of aryl methyl sites for hydroxylation is 1. The van der Waals surface area contributed by atoms with Crippen molar-refractivity contribution in [2.45, 2.75) is 39.2 Å². The SMILES string of the molecule is CCCCCOc1cccc(C2C(=C(O)c3ccc(C)cc3)C(=O)C(=O)N2CCOC)c1. The van der Waals surface area contributed by atoms with Crippen LogP contribution in [-0.4, -0.2) is 48.6 Å². The summed E-state index contributed by atoms with van der Waals surface area (Å²) in [5.41, 5.74) is 2.32. The normalized spacial score (nSPS) is 17.7. The van der Waals surface area contributed by atoms with Gasteiger partial charge in [0.15, 0.2) is 0 Å². The maximum absolute atomic E-state index is 13.0. The molecule has 1 fully saturated rings. The molecule has 0 bridgehead atoms. The third-order valence-corrected chi connectivity index (χ3v) is 5.59. The Balaban J connectivity index is 2.02. The third kappa shape index (κ3) is 5.19. The second-order valence-electron chi connectivity index (χ2n) is 7.98. The van der Waals surface area contributed by atoms with Gasteiger partial charge in [0.25, 0.3) is 11.7 Å². The van der Waals surface area contributed by atoms with Crippen LogP contribution in [0.3, 0.4) is 0 Å². The zero-order valence-electron chi connectivity index (χ0n) is 19.0. The standard InChI is InChI=1S/C26H31NO5/c1-4-5-6-15-32-21-9-7-8-20(17-21)23-22(24(28)19-12-10-18(2)11-13-19)25(29)26(30)27(23)14-16-31-3/h7-13,17,23,28H,4-6,14-16H2,1-3H3. The predicted octanol–water partition coefficient (Wildman–Crippen LogP) is 4.63. The van der Waals surface area contributed by atoms with Crippen molar-refractivity contribution in [2.75, 3.05) is 26.9 Å². The van der Waals surface area contributed by atoms with E-state index in [4.69, 9.17) is 9.47 Å². The lowest BCUT2D eigenvalue weighted by molar-refractivity contribution is -0.140. The Kier molecular flexibility index (Phi) is 8.06. The van der Waals surface area contributed by atoms with Crippen LogP contribution in [0.5, 0.6) is 5.75 Å². The number of aliphatic hydroxyl groups is 1. The molecule has 1 amide bonds. The number of aliphatic hydroxyl groups excluding tert-OH is 1. The smallest absolute Gasteiger partial charge is 0.295 e. The minimum Gasteiger partial charge on any atom is -0.507 e. The fourth-order valence-electron chi connectivity index (χ4n) is 3.83. The Morgan fingerprint density at radius 3 is 2.50 bits per heavy atom. The van der Waals surface area contributed by atoms with E-state index in [0.29, 0.717) is 23.5 Å². The molecule has 1 aliphatic rings. The summed E-state index contributed by atoms with van der Waals surface area (Å²) in [4.78, 5) is 27.3. The molecule has 1 heterocycles. The van der Waals surface area contributed by atoms with Gasteiger partial charge in [0, 0.05) is 19.2 Å². The highest BCUT2D eigenvalue weighted by atomic mass is 16.5. The number of likely N-dealkylation sites (tertiary alicyclic amines) is 1. The number of methoxy groups -OCH3 is 1. The second-order valence-corrected chi connectivity index (χ2v) is 7.98. The fraction of sp³-hybridized carbons (Fsp3) is 0.385. The van der Waals surface area contributed by atoms with Gasteiger partial charge in [0.2, 0.25) is 0 Å². The number of amides is 1. The molecule has 3 rings (SSSR count). The Bertz CT molecular complexity index is 980. The average Bonchev–Trinajstić information content (AvgIpc) is 3.05. The maximum atomic E-state index is 13.0. The highest BCUT2D eigenvalue weighted by Crippen LogP contribution is 2.40. The number of ether oxygens (including phenoxy) is 2. The molecule has 0 spiro atoms. The van der Waals surface area contributed by atoms with Gasteiger partial charge < -0.3 is 19.5 Å². The summed E-state index contributed by atoms with van der Waals surface area (Å²) in [5.74, 6) is -0.845. The van der Waals surface area contributed by atoms with E-state index in [9.17, 15) is 14.7 Å². The zero-order chi connectivity index (χ0) is 23.1. The molecule has 6 heteroatoms. The number of hydrogen-bond donors (Lipinski definition) is 1. The molecule has 1 atom stereocenters. The molecule has 170 valence electrons. The van der Waals surface area contributed by atoms with E-state index >= 15 is 0 Å². The molecule has 32 heavy (non-hydrogen) atoms. The number of carbonyl (C=O) groups excluding carboxylic acids is 2. The van der Waals surface area contributed by atoms with Crippen molar-refractivity contribution in [3.63, 3.8) is 0 Å². The molecular weight excluding hydrogens is 406 g/mol. The van der Waals surface area contributed by atoms with E-state index in [1.165, 1.54) is 4.90 Å². The van der Waals surface area contributed by atoms with Crippen molar-refractivity contribution in [2.24, 2.45) is 0 Å². The number of ketones is 1. The van der Waals surface area contributed by atoms with Gasteiger partial charge in [-0.15, -0.1) is 0 Å². The highest BCUT2D eigenvalue weighted by molar-refractivity contribution is 6.46. The predicted molar refractivity (Wildman–Crippen MR) is 124 cm³/mol. The van der Waals surface area contributed by atoms with Crippen LogP contribution in [0.15, 0.2) is 54.1 Å². The summed E-state index contributed by atoms with van der Waals surface area (Å²) in [6.07, 6.45) is 3.16. The van der Waals surface area contributed by atoms with Crippen molar-refractivity contribution in [1.29, 1.82) is 0 Å². The van der Waals surface area contributed by atoms with Gasteiger partial charge in [0.05, 0.1) is 24.8 Å². The number of nitrogens with zero attached hydrogens (tertiary/aromatic N) is 1. The van der Waals surface area contributed by atoms with Crippen LogP contribution < -0.4 is 4.74 Å². The van der Waals surface area contributed by atoms with E-state index in [1.54, 1.807) is 19.2 Å². The maximum Gasteiger partial charge on any atom is 0.295 e. The molecule has 6 nitrogen and oxygen atoms in total. The number of benzene rings is 2. The highest BCUT2D eigenvalue weighted by Gasteiger charge is 2.45. The number of hydrogen-bond acceptors (Lipinski definition) is 5. The van der Waals surface area contributed by atoms with Crippen molar-refractivity contribution >= 4 is 17.4 Å². The largest absolute Gasteiger partial charge is 0.507 e. The summed E-state index contributed by atoms with van der Waals surface area (Å²) in [6, 6.07) is 13.9. The van der Waals surface area contributed by atoms with Gasteiger partial charge in [-0.1, -0.05) is 61.7 Å². The lowest BCUT2D eigenvalue weighted by atomic mass is 9.95. The molecule has 1 aliphatic heterocycles. The molecular formula is C26H31NO5. The molecule has 0 radical (unpaired) electrons. The molecule has 1 unspecified atom stereocenters. The van der Waals surface area contributed by atoms with Gasteiger partial charge in [-0.05, 0) is 31.0 Å². The first-order chi connectivity index (χ1) is 15.5. The monoisotopic (exact) mass is 437 g/mol.